The number of nitrogens with one attached hydrogen (secondary N) is 1. The van der Waals surface area contributed by atoms with Gasteiger partial charge in [0.15, 0.2) is 0 Å². The number of anilines is 1. The number of sulfonamides is 1. The van der Waals surface area contributed by atoms with Crippen molar-refractivity contribution in [3.8, 4) is 0 Å². The van der Waals surface area contributed by atoms with Crippen LogP contribution >= 0.6 is 11.6 Å². The number of halogens is 1. The van der Waals surface area contributed by atoms with Crippen LogP contribution < -0.4 is 10.5 Å². The molecule has 3 N–H and O–H groups in total. The number of carbonyl (C=O) groups excluding carboxylic acids is 2. The number of furan rings is 1. The summed E-state index contributed by atoms with van der Waals surface area (Å²) >= 11 is 6.00. The maximum absolute atomic E-state index is 12.5. The standard InChI is InChI=1S/C18H21ClN2O7S/c1-18(2,3)17(23)28-10-27-16(22)12-7-15(29(20,24)25)13(19)8-14(12)21-9-11-5-4-6-26-11/h4-8,21H,9-10H2,1-3H3,(H2,20,24,25). The fourth-order valence-corrected chi connectivity index (χ4v) is 3.21. The molecule has 0 unspecified atom stereocenters. The first kappa shape index (κ1) is 22.7. The van der Waals surface area contributed by atoms with Crippen LogP contribution in [0.1, 0.15) is 36.9 Å². The second kappa shape index (κ2) is 8.85. The summed E-state index contributed by atoms with van der Waals surface area (Å²) in [4.78, 5) is 23.8. The van der Waals surface area contributed by atoms with Gasteiger partial charge in [-0.2, -0.15) is 0 Å². The molecule has 1 heterocycles. The summed E-state index contributed by atoms with van der Waals surface area (Å²) in [5.74, 6) is -0.937. The molecule has 1 aromatic carbocycles. The molecule has 0 bridgehead atoms. The highest BCUT2D eigenvalue weighted by Gasteiger charge is 2.25. The Bertz CT molecular complexity index is 996. The maximum Gasteiger partial charge on any atom is 0.343 e. The fraction of sp³-hybridized carbons (Fsp3) is 0.333. The minimum atomic E-state index is -4.19. The third kappa shape index (κ3) is 6.21. The zero-order valence-electron chi connectivity index (χ0n) is 16.0. The lowest BCUT2D eigenvalue weighted by Crippen LogP contribution is -2.25. The molecule has 0 amide bonds. The van der Waals surface area contributed by atoms with Gasteiger partial charge in [-0.1, -0.05) is 11.6 Å². The Kier molecular flexibility index (Phi) is 6.93. The van der Waals surface area contributed by atoms with E-state index in [1.54, 1.807) is 32.9 Å². The first-order valence-corrected chi connectivity index (χ1v) is 10.3. The molecule has 0 radical (unpaired) electrons. The molecule has 0 spiro atoms. The summed E-state index contributed by atoms with van der Waals surface area (Å²) in [7, 11) is -4.19. The monoisotopic (exact) mass is 444 g/mol. The number of rotatable bonds is 7. The lowest BCUT2D eigenvalue weighted by molar-refractivity contribution is -0.161. The summed E-state index contributed by atoms with van der Waals surface area (Å²) < 4.78 is 38.5. The van der Waals surface area contributed by atoms with Crippen LogP contribution in [0.25, 0.3) is 0 Å². The Balaban J connectivity index is 2.25. The van der Waals surface area contributed by atoms with E-state index in [9.17, 15) is 18.0 Å². The minimum Gasteiger partial charge on any atom is -0.467 e. The molecular formula is C18H21ClN2O7S. The van der Waals surface area contributed by atoms with Crippen molar-refractivity contribution < 1.29 is 31.9 Å². The van der Waals surface area contributed by atoms with Gasteiger partial charge in [0.1, 0.15) is 10.7 Å². The molecule has 0 saturated heterocycles. The number of nitrogens with two attached hydrogens (primary N) is 1. The Morgan fingerprint density at radius 2 is 1.93 bits per heavy atom. The molecule has 0 aliphatic rings. The van der Waals surface area contributed by atoms with E-state index in [1.807, 2.05) is 0 Å². The zero-order valence-corrected chi connectivity index (χ0v) is 17.6. The quantitative estimate of drug-likeness (QED) is 0.491. The third-order valence-electron chi connectivity index (χ3n) is 3.62. The summed E-state index contributed by atoms with van der Waals surface area (Å²) in [6, 6.07) is 5.63. The summed E-state index contributed by atoms with van der Waals surface area (Å²) in [5, 5.41) is 7.89. The number of ether oxygens (including phenoxy) is 2. The van der Waals surface area contributed by atoms with Gasteiger partial charge in [-0.25, -0.2) is 18.4 Å². The number of benzene rings is 1. The highest BCUT2D eigenvalue weighted by molar-refractivity contribution is 7.89. The van der Waals surface area contributed by atoms with Gasteiger partial charge in [0.2, 0.25) is 16.8 Å². The van der Waals surface area contributed by atoms with E-state index in [0.717, 1.165) is 6.07 Å². The highest BCUT2D eigenvalue weighted by atomic mass is 35.5. The average Bonchev–Trinajstić information content (AvgIpc) is 3.11. The molecule has 0 aliphatic heterocycles. The van der Waals surface area contributed by atoms with E-state index in [-0.39, 0.29) is 22.8 Å². The van der Waals surface area contributed by atoms with E-state index in [2.05, 4.69) is 5.32 Å². The van der Waals surface area contributed by atoms with Crippen LogP contribution in [0.5, 0.6) is 0 Å². The van der Waals surface area contributed by atoms with Crippen LogP contribution in [0.2, 0.25) is 5.02 Å². The SMILES string of the molecule is CC(C)(C)C(=O)OCOC(=O)c1cc(S(N)(=O)=O)c(Cl)cc1NCc1ccco1. The van der Waals surface area contributed by atoms with Gasteiger partial charge in [-0.05, 0) is 45.0 Å². The largest absolute Gasteiger partial charge is 0.467 e. The molecule has 9 nitrogen and oxygen atoms in total. The molecule has 1 aromatic heterocycles. The smallest absolute Gasteiger partial charge is 0.343 e. The van der Waals surface area contributed by atoms with Crippen molar-refractivity contribution in [2.24, 2.45) is 10.6 Å². The van der Waals surface area contributed by atoms with Crippen molar-refractivity contribution in [1.82, 2.24) is 0 Å². The van der Waals surface area contributed by atoms with Gasteiger partial charge < -0.3 is 19.2 Å². The molecule has 158 valence electrons. The molecule has 0 saturated carbocycles. The van der Waals surface area contributed by atoms with Crippen LogP contribution in [-0.4, -0.2) is 27.1 Å². The van der Waals surface area contributed by atoms with Crippen LogP contribution in [0, 0.1) is 5.41 Å². The third-order valence-corrected chi connectivity index (χ3v) is 5.00. The first-order valence-electron chi connectivity index (χ1n) is 8.36. The minimum absolute atomic E-state index is 0.156. The summed E-state index contributed by atoms with van der Waals surface area (Å²) in [6.07, 6.45) is 1.48. The van der Waals surface area contributed by atoms with Crippen LogP contribution in [-0.2, 0) is 30.8 Å². The Morgan fingerprint density at radius 3 is 2.48 bits per heavy atom. The first-order chi connectivity index (χ1) is 13.4. The van der Waals surface area contributed by atoms with Gasteiger partial charge in [-0.15, -0.1) is 0 Å². The van der Waals surface area contributed by atoms with Crippen molar-refractivity contribution in [3.05, 3.63) is 46.9 Å². The van der Waals surface area contributed by atoms with E-state index in [4.69, 9.17) is 30.6 Å². The Labute approximate surface area is 173 Å². The van der Waals surface area contributed by atoms with Gasteiger partial charge in [0, 0.05) is 0 Å². The zero-order chi connectivity index (χ0) is 21.8. The number of hydrogen-bond donors (Lipinski definition) is 2. The second-order valence-corrected chi connectivity index (χ2v) is 8.97. The van der Waals surface area contributed by atoms with Gasteiger partial charge in [0.25, 0.3) is 0 Å². The highest BCUT2D eigenvalue weighted by Crippen LogP contribution is 2.29. The summed E-state index contributed by atoms with van der Waals surface area (Å²) in [6.45, 7) is 4.49. The molecule has 0 atom stereocenters. The number of primary sulfonamides is 1. The van der Waals surface area contributed by atoms with E-state index >= 15 is 0 Å². The second-order valence-electron chi connectivity index (χ2n) is 7.04. The Hall–Kier alpha value is -2.56. The molecule has 0 fully saturated rings. The number of esters is 2. The van der Waals surface area contributed by atoms with E-state index < -0.39 is 39.1 Å². The number of hydrogen-bond acceptors (Lipinski definition) is 8. The van der Waals surface area contributed by atoms with Crippen molar-refractivity contribution >= 4 is 39.3 Å². The van der Waals surface area contributed by atoms with Crippen LogP contribution in [0.3, 0.4) is 0 Å². The molecule has 29 heavy (non-hydrogen) atoms. The van der Waals surface area contributed by atoms with Crippen LogP contribution in [0.4, 0.5) is 5.69 Å². The van der Waals surface area contributed by atoms with Gasteiger partial charge in [-0.3, -0.25) is 4.79 Å². The predicted octanol–water partition coefficient (Wildman–Crippen LogP) is 2.90. The van der Waals surface area contributed by atoms with Crippen molar-refractivity contribution in [1.29, 1.82) is 0 Å². The van der Waals surface area contributed by atoms with Crippen molar-refractivity contribution in [2.75, 3.05) is 12.1 Å². The molecular weight excluding hydrogens is 424 g/mol. The van der Waals surface area contributed by atoms with E-state index in [1.165, 1.54) is 12.3 Å². The molecule has 2 aromatic rings. The molecule has 2 rings (SSSR count). The summed E-state index contributed by atoms with van der Waals surface area (Å²) in [5.41, 5.74) is -0.744. The van der Waals surface area contributed by atoms with Crippen molar-refractivity contribution in [2.45, 2.75) is 32.2 Å². The van der Waals surface area contributed by atoms with Crippen molar-refractivity contribution in [3.63, 3.8) is 0 Å². The molecule has 0 aliphatic carbocycles. The lowest BCUT2D eigenvalue weighted by Gasteiger charge is -2.17. The molecule has 11 heteroatoms. The van der Waals surface area contributed by atoms with Gasteiger partial charge >= 0.3 is 11.9 Å². The van der Waals surface area contributed by atoms with Crippen LogP contribution in [0.15, 0.2) is 39.8 Å². The fourth-order valence-electron chi connectivity index (χ4n) is 2.11. The normalized spacial score (nSPS) is 11.8. The van der Waals surface area contributed by atoms with Gasteiger partial charge in [0.05, 0.1) is 34.5 Å². The predicted molar refractivity (Wildman–Crippen MR) is 105 cm³/mol. The maximum atomic E-state index is 12.5. The Morgan fingerprint density at radius 1 is 1.24 bits per heavy atom. The lowest BCUT2D eigenvalue weighted by atomic mass is 9.98. The average molecular weight is 445 g/mol. The number of carbonyl (C=O) groups is 2. The topological polar surface area (TPSA) is 138 Å². The van der Waals surface area contributed by atoms with E-state index in [0.29, 0.717) is 5.76 Å².